The van der Waals surface area contributed by atoms with Gasteiger partial charge in [0.2, 0.25) is 5.91 Å². The first-order chi connectivity index (χ1) is 10.0. The average Bonchev–Trinajstić information content (AvgIpc) is 2.85. The summed E-state index contributed by atoms with van der Waals surface area (Å²) in [7, 11) is 1.58. The van der Waals surface area contributed by atoms with Crippen LogP contribution in [0.15, 0.2) is 22.7 Å². The molecule has 21 heavy (non-hydrogen) atoms. The summed E-state index contributed by atoms with van der Waals surface area (Å²) in [6.45, 7) is 1.70. The molecule has 0 radical (unpaired) electrons. The first-order valence-electron chi connectivity index (χ1n) is 6.76. The molecule has 112 valence electrons. The van der Waals surface area contributed by atoms with Gasteiger partial charge in [-0.05, 0) is 37.1 Å². The number of likely N-dealkylation sites (tertiary alicyclic amines) is 1. The molecule has 1 heterocycles. The van der Waals surface area contributed by atoms with Gasteiger partial charge in [0.1, 0.15) is 5.54 Å². The summed E-state index contributed by atoms with van der Waals surface area (Å²) in [5.41, 5.74) is 6.52. The molecule has 0 spiro atoms. The van der Waals surface area contributed by atoms with Gasteiger partial charge in [0.25, 0.3) is 0 Å². The van der Waals surface area contributed by atoms with Crippen molar-refractivity contribution in [3.05, 3.63) is 33.8 Å². The van der Waals surface area contributed by atoms with Gasteiger partial charge in [-0.2, -0.15) is 5.26 Å². The Bertz CT molecular complexity index is 585. The first-order valence-corrected chi connectivity index (χ1v) is 7.55. The van der Waals surface area contributed by atoms with Gasteiger partial charge >= 0.3 is 0 Å². The Balaban J connectivity index is 2.25. The lowest BCUT2D eigenvalue weighted by atomic mass is 9.95. The highest BCUT2D eigenvalue weighted by atomic mass is 79.9. The van der Waals surface area contributed by atoms with Crippen LogP contribution in [0.4, 0.5) is 0 Å². The Hall–Kier alpha value is -1.42. The molecule has 0 bridgehead atoms. The molecule has 1 aromatic rings. The van der Waals surface area contributed by atoms with Crippen molar-refractivity contribution >= 4 is 21.8 Å². The minimum atomic E-state index is -0.734. The second-order valence-corrected chi connectivity index (χ2v) is 6.13. The zero-order chi connectivity index (χ0) is 15.5. The Kier molecular flexibility index (Phi) is 4.99. The molecule has 6 heteroatoms. The largest absolute Gasteiger partial charge is 0.382 e. The zero-order valence-corrected chi connectivity index (χ0v) is 13.5. The van der Waals surface area contributed by atoms with Crippen molar-refractivity contribution in [3.8, 4) is 6.07 Å². The van der Waals surface area contributed by atoms with Gasteiger partial charge in [-0.3, -0.25) is 9.69 Å². The maximum Gasteiger partial charge on any atom is 0.240 e. The van der Waals surface area contributed by atoms with E-state index in [0.717, 1.165) is 23.0 Å². The molecule has 1 aliphatic heterocycles. The van der Waals surface area contributed by atoms with Crippen LogP contribution >= 0.6 is 15.9 Å². The summed E-state index contributed by atoms with van der Waals surface area (Å²) in [5.74, 6) is -0.341. The third-order valence-corrected chi connectivity index (χ3v) is 4.75. The molecular formula is C15H18BrN3O2. The molecular weight excluding hydrogens is 334 g/mol. The number of amides is 1. The molecule has 1 saturated heterocycles. The number of rotatable bonds is 5. The van der Waals surface area contributed by atoms with Gasteiger partial charge in [-0.15, -0.1) is 0 Å². The number of methoxy groups -OCH3 is 1. The number of nitriles is 1. The molecule has 1 atom stereocenters. The van der Waals surface area contributed by atoms with Crippen LogP contribution in [0.25, 0.3) is 0 Å². The summed E-state index contributed by atoms with van der Waals surface area (Å²) in [6.07, 6.45) is 1.63. The van der Waals surface area contributed by atoms with Crippen LogP contribution in [0.2, 0.25) is 0 Å². The summed E-state index contributed by atoms with van der Waals surface area (Å²) < 4.78 is 6.09. The molecule has 2 rings (SSSR count). The molecule has 5 nitrogen and oxygen atoms in total. The third kappa shape index (κ3) is 3.10. The van der Waals surface area contributed by atoms with Gasteiger partial charge in [0.05, 0.1) is 18.2 Å². The topological polar surface area (TPSA) is 79.3 Å². The Morgan fingerprint density at radius 3 is 2.95 bits per heavy atom. The Morgan fingerprint density at radius 2 is 2.38 bits per heavy atom. The van der Waals surface area contributed by atoms with Crippen molar-refractivity contribution in [1.82, 2.24) is 4.90 Å². The minimum Gasteiger partial charge on any atom is -0.382 e. The van der Waals surface area contributed by atoms with E-state index in [1.807, 2.05) is 6.07 Å². The minimum absolute atomic E-state index is 0.302. The second kappa shape index (κ2) is 6.56. The van der Waals surface area contributed by atoms with Crippen molar-refractivity contribution in [2.24, 2.45) is 5.73 Å². The Morgan fingerprint density at radius 1 is 1.62 bits per heavy atom. The number of benzene rings is 1. The second-order valence-electron chi connectivity index (χ2n) is 5.27. The van der Waals surface area contributed by atoms with Gasteiger partial charge in [-0.1, -0.05) is 22.0 Å². The SMILES string of the molecule is COCC1(C(N)=O)CCCN1Cc1ccc(C#N)cc1Br. The highest BCUT2D eigenvalue weighted by Crippen LogP contribution is 2.32. The number of nitrogens with zero attached hydrogens (tertiary/aromatic N) is 2. The van der Waals surface area contributed by atoms with Crippen molar-refractivity contribution in [3.63, 3.8) is 0 Å². The summed E-state index contributed by atoms with van der Waals surface area (Å²) >= 11 is 3.48. The van der Waals surface area contributed by atoms with E-state index in [1.54, 1.807) is 19.2 Å². The highest BCUT2D eigenvalue weighted by molar-refractivity contribution is 9.10. The van der Waals surface area contributed by atoms with Crippen LogP contribution in [-0.2, 0) is 16.1 Å². The van der Waals surface area contributed by atoms with Gasteiger partial charge in [0.15, 0.2) is 0 Å². The lowest BCUT2D eigenvalue weighted by Crippen LogP contribution is -2.56. The molecule has 1 amide bonds. The summed E-state index contributed by atoms with van der Waals surface area (Å²) in [6, 6.07) is 7.57. The van der Waals surface area contributed by atoms with E-state index in [9.17, 15) is 4.79 Å². The maximum absolute atomic E-state index is 11.9. The molecule has 1 aromatic carbocycles. The van der Waals surface area contributed by atoms with Crippen LogP contribution in [0.3, 0.4) is 0 Å². The number of carbonyl (C=O) groups is 1. The number of carbonyl (C=O) groups excluding carboxylic acids is 1. The molecule has 0 saturated carbocycles. The van der Waals surface area contributed by atoms with Crippen molar-refractivity contribution < 1.29 is 9.53 Å². The van der Waals surface area contributed by atoms with E-state index < -0.39 is 5.54 Å². The van der Waals surface area contributed by atoms with Crippen molar-refractivity contribution in [2.75, 3.05) is 20.3 Å². The predicted octanol–water partition coefficient (Wildman–Crippen LogP) is 1.79. The fourth-order valence-electron chi connectivity index (χ4n) is 2.87. The normalized spacial score (nSPS) is 22.1. The van der Waals surface area contributed by atoms with Gasteiger partial charge in [-0.25, -0.2) is 0 Å². The number of ether oxygens (including phenoxy) is 1. The lowest BCUT2D eigenvalue weighted by molar-refractivity contribution is -0.132. The van der Waals surface area contributed by atoms with Gasteiger partial charge in [0, 0.05) is 18.1 Å². The number of hydrogen-bond acceptors (Lipinski definition) is 4. The maximum atomic E-state index is 11.9. The van der Waals surface area contributed by atoms with E-state index in [-0.39, 0.29) is 5.91 Å². The van der Waals surface area contributed by atoms with Gasteiger partial charge < -0.3 is 10.5 Å². The van der Waals surface area contributed by atoms with E-state index in [2.05, 4.69) is 26.9 Å². The molecule has 1 unspecified atom stereocenters. The number of primary amides is 1. The highest BCUT2D eigenvalue weighted by Gasteiger charge is 2.46. The van der Waals surface area contributed by atoms with Crippen LogP contribution in [0.1, 0.15) is 24.0 Å². The van der Waals surface area contributed by atoms with Crippen LogP contribution < -0.4 is 5.73 Å². The molecule has 1 aliphatic rings. The van der Waals surface area contributed by atoms with Crippen molar-refractivity contribution in [2.45, 2.75) is 24.9 Å². The van der Waals surface area contributed by atoms with E-state index in [1.165, 1.54) is 0 Å². The number of hydrogen-bond donors (Lipinski definition) is 1. The van der Waals surface area contributed by atoms with E-state index in [0.29, 0.717) is 25.1 Å². The Labute approximate surface area is 132 Å². The first kappa shape index (κ1) is 16.0. The quantitative estimate of drug-likeness (QED) is 0.876. The number of halogens is 1. The standard InChI is InChI=1S/C15H18BrN3O2/c1-21-10-15(14(18)20)5-2-6-19(15)9-12-4-3-11(8-17)7-13(12)16/h3-4,7H,2,5-6,9-10H2,1H3,(H2,18,20). The number of nitrogens with two attached hydrogens (primary N) is 1. The summed E-state index contributed by atoms with van der Waals surface area (Å²) in [5, 5.41) is 8.90. The lowest BCUT2D eigenvalue weighted by Gasteiger charge is -2.35. The molecule has 2 N–H and O–H groups in total. The smallest absolute Gasteiger partial charge is 0.240 e. The fraction of sp³-hybridized carbons (Fsp3) is 0.467. The molecule has 1 fully saturated rings. The van der Waals surface area contributed by atoms with Crippen LogP contribution in [-0.4, -0.2) is 36.6 Å². The third-order valence-electron chi connectivity index (χ3n) is 4.01. The summed E-state index contributed by atoms with van der Waals surface area (Å²) in [4.78, 5) is 14.0. The monoisotopic (exact) mass is 351 g/mol. The molecule has 0 aromatic heterocycles. The van der Waals surface area contributed by atoms with E-state index >= 15 is 0 Å². The van der Waals surface area contributed by atoms with Crippen LogP contribution in [0, 0.1) is 11.3 Å². The zero-order valence-electron chi connectivity index (χ0n) is 11.9. The average molecular weight is 352 g/mol. The van der Waals surface area contributed by atoms with E-state index in [4.69, 9.17) is 15.7 Å². The van der Waals surface area contributed by atoms with Crippen molar-refractivity contribution in [1.29, 1.82) is 5.26 Å². The van der Waals surface area contributed by atoms with Crippen LogP contribution in [0.5, 0.6) is 0 Å². The fourth-order valence-corrected chi connectivity index (χ4v) is 3.37. The predicted molar refractivity (Wildman–Crippen MR) is 82.3 cm³/mol. The molecule has 0 aliphatic carbocycles.